The maximum atomic E-state index is 12.9. The number of benzene rings is 1. The first-order chi connectivity index (χ1) is 15.6. The molecule has 0 spiro atoms. The highest BCUT2D eigenvalue weighted by Crippen LogP contribution is 2.60. The van der Waals surface area contributed by atoms with Gasteiger partial charge >= 0.3 is 18.0 Å². The van der Waals surface area contributed by atoms with Crippen molar-refractivity contribution in [2.24, 2.45) is 23.2 Å². The van der Waals surface area contributed by atoms with Crippen LogP contribution in [0.2, 0.25) is 0 Å². The molecule has 0 radical (unpaired) electrons. The van der Waals surface area contributed by atoms with Gasteiger partial charge in [0.1, 0.15) is 13.2 Å². The predicted octanol–water partition coefficient (Wildman–Crippen LogP) is 4.68. The second kappa shape index (κ2) is 9.35. The van der Waals surface area contributed by atoms with Gasteiger partial charge in [0.25, 0.3) is 0 Å². The topological polar surface area (TPSA) is 82.1 Å². The molecule has 7 nitrogen and oxygen atoms in total. The highest BCUT2D eigenvalue weighted by molar-refractivity contribution is 5.79. The lowest BCUT2D eigenvalue weighted by Gasteiger charge is -2.55. The van der Waals surface area contributed by atoms with Gasteiger partial charge in [-0.3, -0.25) is 14.5 Å². The molecule has 180 valence electrons. The number of rotatable bonds is 7. The monoisotopic (exact) mass is 457 g/mol. The molecule has 1 amide bonds. The fourth-order valence-corrected chi connectivity index (χ4v) is 6.21. The van der Waals surface area contributed by atoms with E-state index >= 15 is 0 Å². The minimum absolute atomic E-state index is 0.134. The number of carbonyl (C=O) groups excluding carboxylic acids is 3. The highest BCUT2D eigenvalue weighted by atomic mass is 16.7. The van der Waals surface area contributed by atoms with E-state index in [-0.39, 0.29) is 19.1 Å². The van der Waals surface area contributed by atoms with Crippen molar-refractivity contribution in [3.8, 4) is 0 Å². The smallest absolute Gasteiger partial charge is 0.413 e. The molecule has 0 aromatic heterocycles. The first kappa shape index (κ1) is 23.6. The van der Waals surface area contributed by atoms with Gasteiger partial charge in [-0.15, -0.1) is 0 Å². The Morgan fingerprint density at radius 1 is 0.909 bits per heavy atom. The molecule has 4 aliphatic carbocycles. The molecule has 4 bridgehead atoms. The van der Waals surface area contributed by atoms with Crippen LogP contribution in [0.25, 0.3) is 0 Å². The fraction of sp³-hybridized carbons (Fsp3) is 0.654. The Bertz CT molecular complexity index is 839. The Labute approximate surface area is 195 Å². The van der Waals surface area contributed by atoms with Gasteiger partial charge in [0.2, 0.25) is 6.79 Å². The zero-order valence-corrected chi connectivity index (χ0v) is 19.9. The SMILES string of the molecule is CC(C)(C)N(CC(=O)OCc1ccccc1)C(=O)OCOC(=O)C12CC3CC(CC(C3)C1)C2. The molecule has 0 unspecified atom stereocenters. The van der Waals surface area contributed by atoms with Crippen molar-refractivity contribution in [1.29, 1.82) is 0 Å². The third-order valence-corrected chi connectivity index (χ3v) is 7.40. The van der Waals surface area contributed by atoms with E-state index in [1.54, 1.807) is 20.8 Å². The molecule has 0 aliphatic heterocycles. The summed E-state index contributed by atoms with van der Waals surface area (Å²) in [5.74, 6) is 1.12. The Kier molecular flexibility index (Phi) is 6.68. The van der Waals surface area contributed by atoms with E-state index < -0.39 is 29.8 Å². The van der Waals surface area contributed by atoms with Crippen molar-refractivity contribution in [2.75, 3.05) is 13.3 Å². The Morgan fingerprint density at radius 2 is 1.48 bits per heavy atom. The number of carbonyl (C=O) groups is 3. The van der Waals surface area contributed by atoms with Gasteiger partial charge < -0.3 is 14.2 Å². The van der Waals surface area contributed by atoms with Crippen LogP contribution in [0.5, 0.6) is 0 Å². The average Bonchev–Trinajstić information content (AvgIpc) is 2.75. The fourth-order valence-electron chi connectivity index (χ4n) is 6.21. The Hall–Kier alpha value is -2.57. The number of amides is 1. The highest BCUT2D eigenvalue weighted by Gasteiger charge is 2.55. The van der Waals surface area contributed by atoms with E-state index in [1.807, 2.05) is 30.3 Å². The van der Waals surface area contributed by atoms with Crippen molar-refractivity contribution < 1.29 is 28.6 Å². The molecule has 0 atom stereocenters. The number of ether oxygens (including phenoxy) is 3. The lowest BCUT2D eigenvalue weighted by molar-refractivity contribution is -0.180. The normalized spacial score (nSPS) is 27.7. The summed E-state index contributed by atoms with van der Waals surface area (Å²) in [5, 5.41) is 0. The second-order valence-electron chi connectivity index (χ2n) is 11.1. The van der Waals surface area contributed by atoms with E-state index in [9.17, 15) is 14.4 Å². The summed E-state index contributed by atoms with van der Waals surface area (Å²) in [5.41, 5.74) is -0.203. The number of hydrogen-bond donors (Lipinski definition) is 0. The first-order valence-electron chi connectivity index (χ1n) is 12.0. The van der Waals surface area contributed by atoms with Crippen molar-refractivity contribution in [3.05, 3.63) is 35.9 Å². The van der Waals surface area contributed by atoms with Crippen LogP contribution in [0, 0.1) is 23.2 Å². The molecule has 0 N–H and O–H groups in total. The largest absolute Gasteiger partial charge is 0.459 e. The number of hydrogen-bond acceptors (Lipinski definition) is 6. The van der Waals surface area contributed by atoms with E-state index in [4.69, 9.17) is 14.2 Å². The minimum Gasteiger partial charge on any atom is -0.459 e. The van der Waals surface area contributed by atoms with Crippen LogP contribution in [0.15, 0.2) is 30.3 Å². The second-order valence-corrected chi connectivity index (χ2v) is 11.1. The van der Waals surface area contributed by atoms with Crippen molar-refractivity contribution >= 4 is 18.0 Å². The minimum atomic E-state index is -0.711. The van der Waals surface area contributed by atoms with Gasteiger partial charge in [0.05, 0.1) is 5.41 Å². The van der Waals surface area contributed by atoms with Gasteiger partial charge in [-0.2, -0.15) is 0 Å². The molecule has 4 aliphatic rings. The quantitative estimate of drug-likeness (QED) is 0.437. The lowest BCUT2D eigenvalue weighted by Crippen LogP contribution is -2.51. The average molecular weight is 458 g/mol. The van der Waals surface area contributed by atoms with Crippen LogP contribution in [-0.4, -0.2) is 41.8 Å². The van der Waals surface area contributed by atoms with Crippen molar-refractivity contribution in [1.82, 2.24) is 4.90 Å². The van der Waals surface area contributed by atoms with Gasteiger partial charge in [0, 0.05) is 5.54 Å². The summed E-state index contributed by atoms with van der Waals surface area (Å²) in [6.45, 7) is 4.86. The van der Waals surface area contributed by atoms with Crippen LogP contribution >= 0.6 is 0 Å². The molecule has 1 aromatic rings. The van der Waals surface area contributed by atoms with E-state index in [1.165, 1.54) is 24.2 Å². The summed E-state index contributed by atoms with van der Waals surface area (Å²) < 4.78 is 16.0. The molecule has 0 heterocycles. The van der Waals surface area contributed by atoms with Gasteiger partial charge in [0.15, 0.2) is 0 Å². The molecule has 33 heavy (non-hydrogen) atoms. The Morgan fingerprint density at radius 3 is 2.03 bits per heavy atom. The molecular formula is C26H35NO6. The molecule has 4 fully saturated rings. The van der Waals surface area contributed by atoms with Crippen molar-refractivity contribution in [3.63, 3.8) is 0 Å². The molecule has 0 saturated heterocycles. The summed E-state index contributed by atoms with van der Waals surface area (Å²) in [6.07, 6.45) is 5.69. The first-order valence-corrected chi connectivity index (χ1v) is 12.0. The third-order valence-electron chi connectivity index (χ3n) is 7.40. The summed E-state index contributed by atoms with van der Waals surface area (Å²) >= 11 is 0. The third kappa shape index (κ3) is 5.50. The maximum Gasteiger partial charge on any atom is 0.413 e. The molecular weight excluding hydrogens is 422 g/mol. The molecule has 1 aromatic carbocycles. The van der Waals surface area contributed by atoms with Crippen LogP contribution in [0.4, 0.5) is 4.79 Å². The van der Waals surface area contributed by atoms with Crippen molar-refractivity contribution in [2.45, 2.75) is 71.4 Å². The summed E-state index contributed by atoms with van der Waals surface area (Å²) in [6, 6.07) is 9.35. The zero-order chi connectivity index (χ0) is 23.6. The predicted molar refractivity (Wildman–Crippen MR) is 121 cm³/mol. The van der Waals surface area contributed by atoms with E-state index in [0.717, 1.165) is 24.8 Å². The molecule has 4 saturated carbocycles. The standard InChI is InChI=1S/C26H35NO6/c1-25(2,3)27(15-22(28)31-16-18-7-5-4-6-8-18)24(30)33-17-32-23(29)26-12-19-9-20(13-26)11-21(10-19)14-26/h4-8,19-21H,9-17H2,1-3H3. The summed E-state index contributed by atoms with van der Waals surface area (Å²) in [4.78, 5) is 39.3. The number of nitrogens with zero attached hydrogens (tertiary/aromatic N) is 1. The summed E-state index contributed by atoms with van der Waals surface area (Å²) in [7, 11) is 0. The number of esters is 2. The van der Waals surface area contributed by atoms with E-state index in [2.05, 4.69) is 0 Å². The van der Waals surface area contributed by atoms with Crippen LogP contribution in [-0.2, 0) is 30.4 Å². The van der Waals surface area contributed by atoms with Gasteiger partial charge in [-0.05, 0) is 82.6 Å². The molecule has 7 heteroatoms. The van der Waals surface area contributed by atoms with Gasteiger partial charge in [-0.25, -0.2) is 4.79 Å². The van der Waals surface area contributed by atoms with E-state index in [0.29, 0.717) is 17.8 Å². The lowest BCUT2D eigenvalue weighted by atomic mass is 9.49. The van der Waals surface area contributed by atoms with Crippen LogP contribution in [0.3, 0.4) is 0 Å². The van der Waals surface area contributed by atoms with Gasteiger partial charge in [-0.1, -0.05) is 30.3 Å². The zero-order valence-electron chi connectivity index (χ0n) is 19.9. The Balaban J connectivity index is 1.27. The maximum absolute atomic E-state index is 12.9. The van der Waals surface area contributed by atoms with Crippen LogP contribution < -0.4 is 0 Å². The van der Waals surface area contributed by atoms with Crippen LogP contribution in [0.1, 0.15) is 64.9 Å². The molecule has 5 rings (SSSR count).